The quantitative estimate of drug-likeness (QED) is 0.0912. The van der Waals surface area contributed by atoms with E-state index in [9.17, 15) is 19.5 Å². The summed E-state index contributed by atoms with van der Waals surface area (Å²) < 4.78 is 5.91. The number of carbonyl (C=O) groups is 3. The highest BCUT2D eigenvalue weighted by Gasteiger charge is 2.33. The van der Waals surface area contributed by atoms with E-state index in [1.54, 1.807) is 4.90 Å². The van der Waals surface area contributed by atoms with Crippen LogP contribution in [0.25, 0.3) is 22.5 Å². The van der Waals surface area contributed by atoms with Crippen LogP contribution in [-0.4, -0.2) is 57.3 Å². The first-order valence-corrected chi connectivity index (χ1v) is 19.1. The van der Waals surface area contributed by atoms with Gasteiger partial charge >= 0.3 is 5.97 Å². The fraction of sp³-hybridized carbons (Fsp3) is 0.452. The molecule has 1 saturated heterocycles. The van der Waals surface area contributed by atoms with Gasteiger partial charge in [-0.2, -0.15) is 0 Å². The molecule has 1 N–H and O–H groups in total. The normalized spacial score (nSPS) is 15.4. The second-order valence-corrected chi connectivity index (χ2v) is 15.8. The molecule has 2 unspecified atom stereocenters. The van der Waals surface area contributed by atoms with Gasteiger partial charge in [-0.3, -0.25) is 14.4 Å². The van der Waals surface area contributed by atoms with Crippen LogP contribution < -0.4 is 4.74 Å². The Morgan fingerprint density at radius 1 is 0.902 bits per heavy atom. The molecular formula is C42H51N3O5S. The number of piperidine rings is 1. The van der Waals surface area contributed by atoms with E-state index in [1.807, 2.05) is 73.1 Å². The van der Waals surface area contributed by atoms with E-state index in [0.29, 0.717) is 36.5 Å². The van der Waals surface area contributed by atoms with Crippen molar-refractivity contribution >= 4 is 29.0 Å². The van der Waals surface area contributed by atoms with E-state index in [0.717, 1.165) is 45.9 Å². The summed E-state index contributed by atoms with van der Waals surface area (Å²) in [6.07, 6.45) is 11.3. The summed E-state index contributed by atoms with van der Waals surface area (Å²) in [5.41, 5.74) is 3.62. The first kappa shape index (κ1) is 37.9. The molecule has 0 spiro atoms. The second-order valence-electron chi connectivity index (χ2n) is 14.7. The lowest BCUT2D eigenvalue weighted by Gasteiger charge is -2.33. The minimum atomic E-state index is -0.884. The number of amides is 1. The number of nitrogens with zero attached hydrogens (tertiary/aromatic N) is 3. The van der Waals surface area contributed by atoms with Crippen molar-refractivity contribution in [2.75, 3.05) is 19.7 Å². The van der Waals surface area contributed by atoms with Gasteiger partial charge < -0.3 is 14.7 Å². The summed E-state index contributed by atoms with van der Waals surface area (Å²) in [7, 11) is 0. The third-order valence-corrected chi connectivity index (χ3v) is 11.1. The molecule has 5 rings (SSSR count). The largest absolute Gasteiger partial charge is 0.494 e. The number of Topliss-reactive ketones (excluding diaryl/α,β-unsaturated/α-hetero) is 1. The number of hydrogen-bond acceptors (Lipinski definition) is 7. The number of ether oxygens (including phenoxy) is 1. The maximum atomic E-state index is 13.9. The predicted molar refractivity (Wildman–Crippen MR) is 203 cm³/mol. The molecule has 1 aliphatic rings. The number of likely N-dealkylation sites (tertiary alicyclic amines) is 1. The van der Waals surface area contributed by atoms with Crippen LogP contribution in [0.5, 0.6) is 5.75 Å². The summed E-state index contributed by atoms with van der Waals surface area (Å²) in [6, 6.07) is 19.7. The molecule has 3 heterocycles. The maximum Gasteiger partial charge on any atom is 0.308 e. The van der Waals surface area contributed by atoms with Crippen molar-refractivity contribution in [3.8, 4) is 28.3 Å². The van der Waals surface area contributed by atoms with Crippen LogP contribution in [0.1, 0.15) is 99.2 Å². The van der Waals surface area contributed by atoms with Crippen LogP contribution in [0.15, 0.2) is 73.1 Å². The highest BCUT2D eigenvalue weighted by atomic mass is 32.1. The first-order chi connectivity index (χ1) is 24.5. The Morgan fingerprint density at radius 3 is 2.24 bits per heavy atom. The van der Waals surface area contributed by atoms with Crippen molar-refractivity contribution < 1.29 is 24.2 Å². The Balaban J connectivity index is 1.24. The van der Waals surface area contributed by atoms with Crippen LogP contribution in [-0.2, 0) is 21.4 Å². The van der Waals surface area contributed by atoms with Crippen LogP contribution in [0.4, 0.5) is 0 Å². The van der Waals surface area contributed by atoms with E-state index >= 15 is 0 Å². The average Bonchev–Trinajstić information content (AvgIpc) is 3.65. The molecule has 0 aliphatic carbocycles. The van der Waals surface area contributed by atoms with Crippen molar-refractivity contribution in [1.29, 1.82) is 0 Å². The Morgan fingerprint density at radius 2 is 1.59 bits per heavy atom. The van der Waals surface area contributed by atoms with Crippen molar-refractivity contribution in [2.24, 2.45) is 11.8 Å². The van der Waals surface area contributed by atoms with Crippen molar-refractivity contribution in [1.82, 2.24) is 14.9 Å². The number of thiophene rings is 1. The molecular weight excluding hydrogens is 659 g/mol. The molecule has 0 saturated carbocycles. The molecule has 9 heteroatoms. The van der Waals surface area contributed by atoms with Gasteiger partial charge in [0.05, 0.1) is 17.4 Å². The molecule has 270 valence electrons. The van der Waals surface area contributed by atoms with Gasteiger partial charge in [-0.1, -0.05) is 89.8 Å². The third-order valence-electron chi connectivity index (χ3n) is 9.53. The second kappa shape index (κ2) is 17.7. The average molecular weight is 710 g/mol. The third kappa shape index (κ3) is 10.6. The molecule has 2 aromatic heterocycles. The van der Waals surface area contributed by atoms with Gasteiger partial charge in [-0.05, 0) is 66.5 Å². The summed E-state index contributed by atoms with van der Waals surface area (Å²) in [6.45, 7) is 9.97. The van der Waals surface area contributed by atoms with Gasteiger partial charge in [0.25, 0.3) is 0 Å². The molecule has 1 aliphatic heterocycles. The number of rotatable bonds is 16. The van der Waals surface area contributed by atoms with Gasteiger partial charge in [0.2, 0.25) is 5.91 Å². The number of aromatic nitrogens is 2. The zero-order valence-electron chi connectivity index (χ0n) is 30.4. The van der Waals surface area contributed by atoms with Crippen LogP contribution >= 0.6 is 11.3 Å². The number of ketones is 1. The molecule has 51 heavy (non-hydrogen) atoms. The number of carbonyl (C=O) groups excluding carboxylic acids is 2. The Hall–Kier alpha value is -4.37. The highest BCUT2D eigenvalue weighted by Crippen LogP contribution is 2.32. The number of hydrogen-bond donors (Lipinski definition) is 1. The Labute approximate surface area is 306 Å². The van der Waals surface area contributed by atoms with E-state index in [2.05, 4.69) is 37.7 Å². The summed E-state index contributed by atoms with van der Waals surface area (Å²) in [5.74, 6) is -0.838. The zero-order valence-corrected chi connectivity index (χ0v) is 31.2. The SMILES string of the molecule is CCCCCCCOc1ccc(-c2cnc(-c3ccc(CC(CC(=O)c4ccc(C(C)(C)C)s4)C(=O)N4CCCC(C(=O)O)C4)cc3)nc2)cc1. The van der Waals surface area contributed by atoms with Gasteiger partial charge in [0.15, 0.2) is 11.6 Å². The van der Waals surface area contributed by atoms with Gasteiger partial charge in [0, 0.05) is 53.8 Å². The first-order valence-electron chi connectivity index (χ1n) is 18.3. The van der Waals surface area contributed by atoms with Crippen molar-refractivity contribution in [3.63, 3.8) is 0 Å². The number of carboxylic acids is 1. The van der Waals surface area contributed by atoms with Crippen LogP contribution in [0.2, 0.25) is 0 Å². The maximum absolute atomic E-state index is 13.9. The lowest BCUT2D eigenvalue weighted by molar-refractivity contribution is -0.146. The lowest BCUT2D eigenvalue weighted by atomic mass is 9.90. The van der Waals surface area contributed by atoms with Crippen LogP contribution in [0, 0.1) is 11.8 Å². The molecule has 8 nitrogen and oxygen atoms in total. The number of benzene rings is 2. The minimum absolute atomic E-state index is 0.0641. The molecule has 2 aromatic carbocycles. The number of unbranched alkanes of at least 4 members (excludes halogenated alkanes) is 4. The van der Waals surface area contributed by atoms with E-state index in [-0.39, 0.29) is 30.1 Å². The zero-order chi connectivity index (χ0) is 36.4. The van der Waals surface area contributed by atoms with Crippen molar-refractivity contribution in [3.05, 3.63) is 88.4 Å². The van der Waals surface area contributed by atoms with Gasteiger partial charge in [-0.25, -0.2) is 9.97 Å². The molecule has 0 bridgehead atoms. The van der Waals surface area contributed by atoms with Crippen LogP contribution in [0.3, 0.4) is 0 Å². The molecule has 2 atom stereocenters. The molecule has 1 fully saturated rings. The minimum Gasteiger partial charge on any atom is -0.494 e. The van der Waals surface area contributed by atoms with Gasteiger partial charge in [0.1, 0.15) is 5.75 Å². The monoisotopic (exact) mass is 709 g/mol. The number of aliphatic carboxylic acids is 1. The van der Waals surface area contributed by atoms with E-state index in [4.69, 9.17) is 4.74 Å². The van der Waals surface area contributed by atoms with E-state index < -0.39 is 17.8 Å². The standard InChI is InChI=1S/C42H51N3O5S/c1-5-6-7-8-9-23-50-35-18-16-30(17-19-35)34-26-43-39(44-27-34)31-14-12-29(13-15-31)24-33(40(47)45-22-10-11-32(28-45)41(48)49)25-36(46)37-20-21-38(51-37)42(2,3)4/h12-21,26-27,32-33H,5-11,22-25,28H2,1-4H3,(H,48,49). The Bertz CT molecular complexity index is 1740. The fourth-order valence-corrected chi connectivity index (χ4v) is 7.45. The Kier molecular flexibility index (Phi) is 13.2. The summed E-state index contributed by atoms with van der Waals surface area (Å²) >= 11 is 1.48. The highest BCUT2D eigenvalue weighted by molar-refractivity contribution is 7.14. The topological polar surface area (TPSA) is 110 Å². The van der Waals surface area contributed by atoms with Crippen molar-refractivity contribution in [2.45, 2.75) is 90.9 Å². The summed E-state index contributed by atoms with van der Waals surface area (Å²) in [5, 5.41) is 9.62. The summed E-state index contributed by atoms with van der Waals surface area (Å²) in [4.78, 5) is 51.9. The fourth-order valence-electron chi connectivity index (χ4n) is 6.44. The smallest absolute Gasteiger partial charge is 0.308 e. The number of carboxylic acid groups (broad SMARTS) is 1. The predicted octanol–water partition coefficient (Wildman–Crippen LogP) is 9.27. The van der Waals surface area contributed by atoms with E-state index in [1.165, 1.54) is 37.0 Å². The molecule has 1 amide bonds. The van der Waals surface area contributed by atoms with Gasteiger partial charge in [-0.15, -0.1) is 11.3 Å². The lowest BCUT2D eigenvalue weighted by Crippen LogP contribution is -2.45. The molecule has 0 radical (unpaired) electrons. The molecule has 4 aromatic rings.